The van der Waals surface area contributed by atoms with Crippen molar-refractivity contribution < 1.29 is 9.26 Å². The van der Waals surface area contributed by atoms with Crippen LogP contribution >= 0.6 is 0 Å². The van der Waals surface area contributed by atoms with Crippen LogP contribution in [0.4, 0.5) is 0 Å². The number of aryl methyl sites for hydroxylation is 2. The third-order valence-electron chi connectivity index (χ3n) is 3.34. The summed E-state index contributed by atoms with van der Waals surface area (Å²) >= 11 is 0. The first-order chi connectivity index (χ1) is 8.45. The van der Waals surface area contributed by atoms with Crippen LogP contribution in [0.5, 0.6) is 0 Å². The minimum Gasteiger partial charge on any atom is -0.383 e. The van der Waals surface area contributed by atoms with Crippen LogP contribution in [0.2, 0.25) is 0 Å². The molecule has 0 aromatic carbocycles. The lowest BCUT2D eigenvalue weighted by Gasteiger charge is -2.25. The van der Waals surface area contributed by atoms with Gasteiger partial charge >= 0.3 is 0 Å². The maximum atomic E-state index is 5.26. The SMILES string of the molecule is COC[C@H](N[C@H](C)Cc1c(C)noc1C)C(C)C. The summed E-state index contributed by atoms with van der Waals surface area (Å²) in [5.74, 6) is 1.48. The van der Waals surface area contributed by atoms with E-state index in [2.05, 4.69) is 31.2 Å². The Morgan fingerprint density at radius 2 is 1.94 bits per heavy atom. The summed E-state index contributed by atoms with van der Waals surface area (Å²) in [5, 5.41) is 7.61. The monoisotopic (exact) mass is 254 g/mol. The Morgan fingerprint density at radius 3 is 2.39 bits per heavy atom. The largest absolute Gasteiger partial charge is 0.383 e. The molecule has 0 amide bonds. The zero-order chi connectivity index (χ0) is 13.7. The van der Waals surface area contributed by atoms with Crippen molar-refractivity contribution in [3.05, 3.63) is 17.0 Å². The minimum atomic E-state index is 0.379. The molecule has 1 heterocycles. The van der Waals surface area contributed by atoms with Gasteiger partial charge in [0.25, 0.3) is 0 Å². The van der Waals surface area contributed by atoms with Crippen LogP contribution in [0, 0.1) is 19.8 Å². The molecule has 2 atom stereocenters. The number of aromatic nitrogens is 1. The highest BCUT2D eigenvalue weighted by molar-refractivity contribution is 5.21. The van der Waals surface area contributed by atoms with Gasteiger partial charge in [-0.15, -0.1) is 0 Å². The summed E-state index contributed by atoms with van der Waals surface area (Å²) < 4.78 is 10.4. The Balaban J connectivity index is 2.57. The molecule has 4 nitrogen and oxygen atoms in total. The molecule has 1 aromatic heterocycles. The Morgan fingerprint density at radius 1 is 1.28 bits per heavy atom. The van der Waals surface area contributed by atoms with E-state index in [-0.39, 0.29) is 0 Å². The number of nitrogens with zero attached hydrogens (tertiary/aromatic N) is 1. The topological polar surface area (TPSA) is 47.3 Å². The Hall–Kier alpha value is -0.870. The Kier molecular flexibility index (Phi) is 5.82. The summed E-state index contributed by atoms with van der Waals surface area (Å²) in [6.45, 7) is 11.3. The zero-order valence-electron chi connectivity index (χ0n) is 12.4. The van der Waals surface area contributed by atoms with Gasteiger partial charge in [-0.2, -0.15) is 0 Å². The maximum Gasteiger partial charge on any atom is 0.137 e. The molecule has 0 unspecified atom stereocenters. The molecule has 1 N–H and O–H groups in total. The lowest BCUT2D eigenvalue weighted by molar-refractivity contribution is 0.141. The van der Waals surface area contributed by atoms with Gasteiger partial charge in [0.1, 0.15) is 5.76 Å². The first kappa shape index (κ1) is 15.2. The number of ether oxygens (including phenoxy) is 1. The summed E-state index contributed by atoms with van der Waals surface area (Å²) in [5.41, 5.74) is 2.21. The molecule has 1 aromatic rings. The van der Waals surface area contributed by atoms with E-state index in [1.165, 1.54) is 5.56 Å². The van der Waals surface area contributed by atoms with Gasteiger partial charge < -0.3 is 14.6 Å². The summed E-state index contributed by atoms with van der Waals surface area (Å²) in [7, 11) is 1.75. The van der Waals surface area contributed by atoms with Gasteiger partial charge in [-0.25, -0.2) is 0 Å². The smallest absolute Gasteiger partial charge is 0.137 e. The molecule has 0 bridgehead atoms. The van der Waals surface area contributed by atoms with E-state index in [1.54, 1.807) is 7.11 Å². The van der Waals surface area contributed by atoms with E-state index in [9.17, 15) is 0 Å². The molecule has 104 valence electrons. The number of hydrogen-bond acceptors (Lipinski definition) is 4. The fourth-order valence-electron chi connectivity index (χ4n) is 2.14. The highest BCUT2D eigenvalue weighted by Crippen LogP contribution is 2.15. The normalized spacial score (nSPS) is 15.1. The Labute approximate surface area is 110 Å². The van der Waals surface area contributed by atoms with Gasteiger partial charge in [0.05, 0.1) is 12.3 Å². The van der Waals surface area contributed by atoms with Crippen LogP contribution in [0.25, 0.3) is 0 Å². The second-order valence-corrected chi connectivity index (χ2v) is 5.38. The van der Waals surface area contributed by atoms with Gasteiger partial charge in [-0.1, -0.05) is 19.0 Å². The number of nitrogens with one attached hydrogen (secondary N) is 1. The first-order valence-electron chi connectivity index (χ1n) is 6.62. The van der Waals surface area contributed by atoms with Crippen LogP contribution in [0.1, 0.15) is 37.8 Å². The molecule has 0 aliphatic rings. The molecule has 4 heteroatoms. The Bertz CT molecular complexity index is 341. The third-order valence-corrected chi connectivity index (χ3v) is 3.34. The van der Waals surface area contributed by atoms with E-state index in [1.807, 2.05) is 13.8 Å². The average molecular weight is 254 g/mol. The highest BCUT2D eigenvalue weighted by Gasteiger charge is 2.18. The van der Waals surface area contributed by atoms with Crippen LogP contribution in [-0.2, 0) is 11.2 Å². The van der Waals surface area contributed by atoms with Crippen molar-refractivity contribution in [2.75, 3.05) is 13.7 Å². The predicted molar refractivity (Wildman–Crippen MR) is 72.8 cm³/mol. The van der Waals surface area contributed by atoms with Crippen molar-refractivity contribution in [1.82, 2.24) is 10.5 Å². The lowest BCUT2D eigenvalue weighted by Crippen LogP contribution is -2.43. The quantitative estimate of drug-likeness (QED) is 0.812. The van der Waals surface area contributed by atoms with Gasteiger partial charge in [-0.05, 0) is 33.1 Å². The minimum absolute atomic E-state index is 0.379. The van der Waals surface area contributed by atoms with Crippen LogP contribution in [0.3, 0.4) is 0 Å². The summed E-state index contributed by atoms with van der Waals surface area (Å²) in [4.78, 5) is 0. The van der Waals surface area contributed by atoms with E-state index >= 15 is 0 Å². The molecule has 0 aliphatic carbocycles. The molecule has 0 spiro atoms. The zero-order valence-corrected chi connectivity index (χ0v) is 12.4. The van der Waals surface area contributed by atoms with Crippen molar-refractivity contribution in [3.63, 3.8) is 0 Å². The van der Waals surface area contributed by atoms with Crippen molar-refractivity contribution >= 4 is 0 Å². The van der Waals surface area contributed by atoms with Gasteiger partial charge in [0.2, 0.25) is 0 Å². The lowest BCUT2D eigenvalue weighted by atomic mass is 10.0. The van der Waals surface area contributed by atoms with E-state index < -0.39 is 0 Å². The van der Waals surface area contributed by atoms with Crippen molar-refractivity contribution in [3.8, 4) is 0 Å². The van der Waals surface area contributed by atoms with Gasteiger partial charge in [-0.3, -0.25) is 0 Å². The molecule has 18 heavy (non-hydrogen) atoms. The molecule has 0 radical (unpaired) electrons. The molecule has 1 rings (SSSR count). The van der Waals surface area contributed by atoms with Crippen LogP contribution < -0.4 is 5.32 Å². The number of rotatable bonds is 7. The number of hydrogen-bond donors (Lipinski definition) is 1. The molecule has 0 aliphatic heterocycles. The molecule has 0 saturated heterocycles. The van der Waals surface area contributed by atoms with Gasteiger partial charge in [0.15, 0.2) is 0 Å². The third kappa shape index (κ3) is 4.10. The van der Waals surface area contributed by atoms with Crippen LogP contribution in [0.15, 0.2) is 4.52 Å². The second-order valence-electron chi connectivity index (χ2n) is 5.38. The van der Waals surface area contributed by atoms with Crippen molar-refractivity contribution in [2.24, 2.45) is 5.92 Å². The second kappa shape index (κ2) is 6.90. The summed E-state index contributed by atoms with van der Waals surface area (Å²) in [6.07, 6.45) is 0.939. The molecular formula is C14H26N2O2. The van der Waals surface area contributed by atoms with E-state index in [0.29, 0.717) is 18.0 Å². The molecule has 0 saturated carbocycles. The molecule has 0 fully saturated rings. The molecular weight excluding hydrogens is 228 g/mol. The van der Waals surface area contributed by atoms with E-state index in [4.69, 9.17) is 9.26 Å². The van der Waals surface area contributed by atoms with Crippen molar-refractivity contribution in [1.29, 1.82) is 0 Å². The highest BCUT2D eigenvalue weighted by atomic mass is 16.5. The first-order valence-corrected chi connectivity index (χ1v) is 6.62. The van der Waals surface area contributed by atoms with Gasteiger partial charge in [0, 0.05) is 24.8 Å². The van der Waals surface area contributed by atoms with E-state index in [0.717, 1.165) is 24.5 Å². The summed E-state index contributed by atoms with van der Waals surface area (Å²) in [6, 6.07) is 0.759. The average Bonchev–Trinajstić information content (AvgIpc) is 2.60. The van der Waals surface area contributed by atoms with Crippen molar-refractivity contribution in [2.45, 2.75) is 53.1 Å². The fourth-order valence-corrected chi connectivity index (χ4v) is 2.14. The maximum absolute atomic E-state index is 5.26. The standard InChI is InChI=1S/C14H26N2O2/c1-9(2)14(8-17-6)15-10(3)7-13-11(4)16-18-12(13)5/h9-10,14-15H,7-8H2,1-6H3/t10-,14+/m1/s1. The fraction of sp³-hybridized carbons (Fsp3) is 0.786. The predicted octanol–water partition coefficient (Wildman–Crippen LogP) is 2.48. The number of methoxy groups -OCH3 is 1. The van der Waals surface area contributed by atoms with Crippen LogP contribution in [-0.4, -0.2) is 31.0 Å².